The van der Waals surface area contributed by atoms with Gasteiger partial charge in [-0.25, -0.2) is 4.79 Å². The maximum absolute atomic E-state index is 12.9. The third-order valence-corrected chi connectivity index (χ3v) is 5.00. The van der Waals surface area contributed by atoms with Gasteiger partial charge in [-0.1, -0.05) is 47.5 Å². The largest absolute Gasteiger partial charge is 0.425 e. The molecule has 0 aliphatic carbocycles. The molecule has 2 heterocycles. The van der Waals surface area contributed by atoms with Crippen molar-refractivity contribution < 1.29 is 4.74 Å². The second-order valence-electron chi connectivity index (χ2n) is 7.26. The van der Waals surface area contributed by atoms with Crippen LogP contribution >= 0.6 is 0 Å². The van der Waals surface area contributed by atoms with Crippen molar-refractivity contribution in [1.29, 1.82) is 0 Å². The van der Waals surface area contributed by atoms with Crippen LogP contribution in [0.5, 0.6) is 11.8 Å². The Hall–Kier alpha value is -3.61. The van der Waals surface area contributed by atoms with Gasteiger partial charge in [-0.3, -0.25) is 18.5 Å². The van der Waals surface area contributed by atoms with E-state index in [1.54, 1.807) is 11.6 Å². The molecule has 0 unspecified atom stereocenters. The Morgan fingerprint density at radius 3 is 2.07 bits per heavy atom. The molecule has 0 radical (unpaired) electrons. The van der Waals surface area contributed by atoms with Gasteiger partial charge in [0.05, 0.1) is 6.54 Å². The lowest BCUT2D eigenvalue weighted by Gasteiger charge is -2.11. The topological polar surface area (TPSA) is 71.1 Å². The van der Waals surface area contributed by atoms with Gasteiger partial charge in [0.1, 0.15) is 5.75 Å². The summed E-state index contributed by atoms with van der Waals surface area (Å²) in [6, 6.07) is 15.9. The minimum Gasteiger partial charge on any atom is -0.425 e. The van der Waals surface area contributed by atoms with Crippen LogP contribution in [0.25, 0.3) is 11.2 Å². The van der Waals surface area contributed by atoms with Crippen molar-refractivity contribution in [3.63, 3.8) is 0 Å². The quantitative estimate of drug-likeness (QED) is 0.537. The predicted octanol–water partition coefficient (Wildman–Crippen LogP) is 2.89. The summed E-state index contributed by atoms with van der Waals surface area (Å²) in [6.07, 6.45) is 0. The van der Waals surface area contributed by atoms with Gasteiger partial charge in [0.2, 0.25) is 0 Å². The van der Waals surface area contributed by atoms with E-state index in [9.17, 15) is 9.59 Å². The Bertz CT molecular complexity index is 1310. The normalized spacial score (nSPS) is 11.2. The van der Waals surface area contributed by atoms with Gasteiger partial charge in [-0.15, -0.1) is 0 Å². The van der Waals surface area contributed by atoms with Crippen LogP contribution in [0.3, 0.4) is 0 Å². The van der Waals surface area contributed by atoms with E-state index in [0.717, 1.165) is 21.3 Å². The first-order valence-electron chi connectivity index (χ1n) is 9.31. The Kier molecular flexibility index (Phi) is 4.58. The lowest BCUT2D eigenvalue weighted by Crippen LogP contribution is -2.37. The van der Waals surface area contributed by atoms with E-state index in [-0.39, 0.29) is 6.01 Å². The molecular formula is C22H22N4O3. The van der Waals surface area contributed by atoms with Crippen LogP contribution in [-0.4, -0.2) is 18.7 Å². The molecule has 0 saturated heterocycles. The van der Waals surface area contributed by atoms with Gasteiger partial charge >= 0.3 is 11.7 Å². The van der Waals surface area contributed by atoms with Gasteiger partial charge in [0.25, 0.3) is 5.56 Å². The summed E-state index contributed by atoms with van der Waals surface area (Å²) in [5.74, 6) is 0.609. The SMILES string of the molecule is Cc1ccc(Cn2c(Oc3ccc(C)cc3)nc3c2c(=O)n(C)c(=O)n3C)cc1. The van der Waals surface area contributed by atoms with Crippen LogP contribution in [0.1, 0.15) is 16.7 Å². The lowest BCUT2D eigenvalue weighted by atomic mass is 10.1. The van der Waals surface area contributed by atoms with Gasteiger partial charge in [-0.2, -0.15) is 4.98 Å². The predicted molar refractivity (Wildman–Crippen MR) is 112 cm³/mol. The Morgan fingerprint density at radius 2 is 1.45 bits per heavy atom. The van der Waals surface area contributed by atoms with Crippen molar-refractivity contribution in [2.45, 2.75) is 20.4 Å². The van der Waals surface area contributed by atoms with E-state index in [1.165, 1.54) is 11.6 Å². The number of fused-ring (bicyclic) bond motifs is 1. The van der Waals surface area contributed by atoms with E-state index in [4.69, 9.17) is 4.74 Å². The fourth-order valence-electron chi connectivity index (χ4n) is 3.24. The molecule has 7 heteroatoms. The van der Waals surface area contributed by atoms with Crippen LogP contribution in [0.4, 0.5) is 0 Å². The number of aromatic nitrogens is 4. The standard InChI is InChI=1S/C22H22N4O3/c1-14-5-9-16(10-6-14)13-26-18-19(24(3)22(28)25(4)20(18)27)23-21(26)29-17-11-7-15(2)8-12-17/h5-12H,13H2,1-4H3. The average Bonchev–Trinajstić information content (AvgIpc) is 3.06. The van der Waals surface area contributed by atoms with Crippen molar-refractivity contribution in [2.24, 2.45) is 14.1 Å². The second-order valence-corrected chi connectivity index (χ2v) is 7.26. The molecule has 148 valence electrons. The summed E-state index contributed by atoms with van der Waals surface area (Å²) in [6.45, 7) is 4.41. The molecule has 7 nitrogen and oxygen atoms in total. The molecular weight excluding hydrogens is 368 g/mol. The Labute approximate surface area is 167 Å². The summed E-state index contributed by atoms with van der Waals surface area (Å²) in [7, 11) is 3.07. The maximum Gasteiger partial charge on any atom is 0.332 e. The molecule has 29 heavy (non-hydrogen) atoms. The van der Waals surface area contributed by atoms with E-state index >= 15 is 0 Å². The number of hydrogen-bond donors (Lipinski definition) is 0. The first-order valence-corrected chi connectivity index (χ1v) is 9.31. The number of hydrogen-bond acceptors (Lipinski definition) is 4. The Morgan fingerprint density at radius 1 is 0.862 bits per heavy atom. The first-order chi connectivity index (χ1) is 13.8. The molecule has 0 bridgehead atoms. The number of imidazole rings is 1. The highest BCUT2D eigenvalue weighted by atomic mass is 16.5. The number of benzene rings is 2. The van der Waals surface area contributed by atoms with Crippen molar-refractivity contribution in [2.75, 3.05) is 0 Å². The highest BCUT2D eigenvalue weighted by Gasteiger charge is 2.20. The molecule has 0 aliphatic rings. The number of aryl methyl sites for hydroxylation is 3. The fraction of sp³-hybridized carbons (Fsp3) is 0.227. The van der Waals surface area contributed by atoms with E-state index < -0.39 is 11.2 Å². The molecule has 2 aromatic carbocycles. The molecule has 0 aliphatic heterocycles. The second kappa shape index (κ2) is 7.09. The average molecular weight is 390 g/mol. The van der Waals surface area contributed by atoms with Crippen LogP contribution < -0.4 is 16.0 Å². The summed E-state index contributed by atoms with van der Waals surface area (Å²) in [5, 5.41) is 0. The van der Waals surface area contributed by atoms with Crippen LogP contribution in [0.15, 0.2) is 58.1 Å². The van der Waals surface area contributed by atoms with Crippen LogP contribution in [0, 0.1) is 13.8 Å². The summed E-state index contributed by atoms with van der Waals surface area (Å²) < 4.78 is 10.2. The Balaban J connectivity index is 1.93. The molecule has 0 fully saturated rings. The maximum atomic E-state index is 12.9. The van der Waals surface area contributed by atoms with Gasteiger partial charge < -0.3 is 4.74 Å². The molecule has 0 saturated carbocycles. The van der Waals surface area contributed by atoms with Gasteiger partial charge in [0.15, 0.2) is 11.2 Å². The number of ether oxygens (including phenoxy) is 1. The third kappa shape index (κ3) is 3.35. The van der Waals surface area contributed by atoms with E-state index in [2.05, 4.69) is 4.98 Å². The van der Waals surface area contributed by atoms with E-state index in [0.29, 0.717) is 23.5 Å². The fourth-order valence-corrected chi connectivity index (χ4v) is 3.24. The minimum absolute atomic E-state index is 0.266. The molecule has 0 amide bonds. The third-order valence-electron chi connectivity index (χ3n) is 5.00. The van der Waals surface area contributed by atoms with Crippen LogP contribution in [-0.2, 0) is 20.6 Å². The molecule has 2 aromatic heterocycles. The van der Waals surface area contributed by atoms with Crippen molar-refractivity contribution in [3.8, 4) is 11.8 Å². The lowest BCUT2D eigenvalue weighted by molar-refractivity contribution is 0.421. The zero-order valence-electron chi connectivity index (χ0n) is 16.8. The molecule has 0 spiro atoms. The smallest absolute Gasteiger partial charge is 0.332 e. The number of nitrogens with zero attached hydrogens (tertiary/aromatic N) is 4. The summed E-state index contributed by atoms with van der Waals surface area (Å²) >= 11 is 0. The van der Waals surface area contributed by atoms with Gasteiger partial charge in [0, 0.05) is 14.1 Å². The van der Waals surface area contributed by atoms with E-state index in [1.807, 2.05) is 62.4 Å². The van der Waals surface area contributed by atoms with Crippen molar-refractivity contribution in [3.05, 3.63) is 86.1 Å². The first kappa shape index (κ1) is 18.7. The monoisotopic (exact) mass is 390 g/mol. The molecule has 0 atom stereocenters. The summed E-state index contributed by atoms with van der Waals surface area (Å²) in [4.78, 5) is 29.8. The highest BCUT2D eigenvalue weighted by molar-refractivity contribution is 5.72. The van der Waals surface area contributed by atoms with Gasteiger partial charge in [-0.05, 0) is 31.5 Å². The number of rotatable bonds is 4. The highest BCUT2D eigenvalue weighted by Crippen LogP contribution is 2.25. The van der Waals surface area contributed by atoms with Crippen molar-refractivity contribution >= 4 is 11.2 Å². The van der Waals surface area contributed by atoms with Crippen molar-refractivity contribution in [1.82, 2.24) is 18.7 Å². The molecule has 0 N–H and O–H groups in total. The zero-order chi connectivity index (χ0) is 20.7. The zero-order valence-corrected chi connectivity index (χ0v) is 16.8. The minimum atomic E-state index is -0.427. The van der Waals surface area contributed by atoms with Crippen LogP contribution in [0.2, 0.25) is 0 Å². The molecule has 4 rings (SSSR count). The summed E-state index contributed by atoms with van der Waals surface area (Å²) in [5.41, 5.74) is 3.07. The molecule has 4 aromatic rings.